The molecule has 0 aliphatic rings. The predicted octanol–water partition coefficient (Wildman–Crippen LogP) is 3.93. The quantitative estimate of drug-likeness (QED) is 0.588. The summed E-state index contributed by atoms with van der Waals surface area (Å²) in [6.45, 7) is 1.61. The van der Waals surface area contributed by atoms with E-state index in [2.05, 4.69) is 10.6 Å². The van der Waals surface area contributed by atoms with Crippen molar-refractivity contribution in [2.45, 2.75) is 6.92 Å². The number of nitrogens with one attached hydrogen (secondary N) is 2. The first-order valence-corrected chi connectivity index (χ1v) is 8.74. The average Bonchev–Trinajstić information content (AvgIpc) is 2.92. The van der Waals surface area contributed by atoms with E-state index in [0.717, 1.165) is 11.3 Å². The van der Waals surface area contributed by atoms with E-state index in [1.807, 2.05) is 0 Å². The van der Waals surface area contributed by atoms with Gasteiger partial charge >= 0.3 is 5.97 Å². The monoisotopic (exact) mass is 400 g/mol. The van der Waals surface area contributed by atoms with Gasteiger partial charge in [-0.15, -0.1) is 22.9 Å². The fraction of sp³-hybridized carbons (Fsp3) is 0.188. The summed E-state index contributed by atoms with van der Waals surface area (Å²) in [6.07, 6.45) is 0. The van der Waals surface area contributed by atoms with Gasteiger partial charge in [-0.1, -0.05) is 11.6 Å². The SMILES string of the molecule is COC(=O)c1c(NC(=O)CCl)sc(C(=O)Nc2ccc(Cl)cc2)c1C. The number of rotatable bonds is 5. The summed E-state index contributed by atoms with van der Waals surface area (Å²) in [4.78, 5) is 36.4. The van der Waals surface area contributed by atoms with E-state index in [0.29, 0.717) is 16.3 Å². The molecule has 1 heterocycles. The number of halogens is 2. The van der Waals surface area contributed by atoms with Gasteiger partial charge in [0.15, 0.2) is 0 Å². The number of thiophene rings is 1. The maximum atomic E-state index is 12.5. The molecule has 25 heavy (non-hydrogen) atoms. The van der Waals surface area contributed by atoms with Gasteiger partial charge in [0.05, 0.1) is 17.6 Å². The molecule has 132 valence electrons. The number of esters is 1. The zero-order valence-electron chi connectivity index (χ0n) is 13.3. The molecule has 0 aliphatic heterocycles. The van der Waals surface area contributed by atoms with Crippen molar-refractivity contribution in [3.63, 3.8) is 0 Å². The van der Waals surface area contributed by atoms with Crippen LogP contribution in [0.15, 0.2) is 24.3 Å². The highest BCUT2D eigenvalue weighted by molar-refractivity contribution is 7.19. The van der Waals surface area contributed by atoms with Gasteiger partial charge in [-0.2, -0.15) is 0 Å². The lowest BCUT2D eigenvalue weighted by Crippen LogP contribution is -2.15. The lowest BCUT2D eigenvalue weighted by molar-refractivity contribution is -0.113. The van der Waals surface area contributed by atoms with E-state index in [1.165, 1.54) is 7.11 Å². The Morgan fingerprint density at radius 1 is 1.16 bits per heavy atom. The van der Waals surface area contributed by atoms with Crippen LogP contribution in [0.2, 0.25) is 5.02 Å². The summed E-state index contributed by atoms with van der Waals surface area (Å²) < 4.78 is 4.73. The minimum atomic E-state index is -0.649. The zero-order valence-corrected chi connectivity index (χ0v) is 15.6. The van der Waals surface area contributed by atoms with Crippen molar-refractivity contribution in [2.24, 2.45) is 0 Å². The number of methoxy groups -OCH3 is 1. The van der Waals surface area contributed by atoms with Crippen LogP contribution >= 0.6 is 34.5 Å². The van der Waals surface area contributed by atoms with Crippen LogP contribution in [0.4, 0.5) is 10.7 Å². The van der Waals surface area contributed by atoms with E-state index in [4.69, 9.17) is 27.9 Å². The second kappa shape index (κ2) is 8.33. The standard InChI is InChI=1S/C16H14Cl2N2O4S/c1-8-12(16(23)24-2)15(20-11(21)7-17)25-13(8)14(22)19-10-5-3-9(18)4-6-10/h3-6H,7H2,1-2H3,(H,19,22)(H,20,21). The number of hydrogen-bond acceptors (Lipinski definition) is 5. The number of benzene rings is 1. The Balaban J connectivity index is 2.36. The number of anilines is 2. The molecule has 1 aromatic carbocycles. The fourth-order valence-electron chi connectivity index (χ4n) is 2.05. The van der Waals surface area contributed by atoms with Gasteiger partial charge in [0, 0.05) is 10.7 Å². The highest BCUT2D eigenvalue weighted by Crippen LogP contribution is 2.34. The normalized spacial score (nSPS) is 10.2. The third kappa shape index (κ3) is 4.50. The molecule has 2 rings (SSSR count). The Morgan fingerprint density at radius 2 is 1.80 bits per heavy atom. The van der Waals surface area contributed by atoms with Gasteiger partial charge < -0.3 is 15.4 Å². The number of alkyl halides is 1. The Morgan fingerprint density at radius 3 is 2.36 bits per heavy atom. The first-order valence-electron chi connectivity index (χ1n) is 7.01. The van der Waals surface area contributed by atoms with Gasteiger partial charge in [0.25, 0.3) is 5.91 Å². The van der Waals surface area contributed by atoms with Crippen molar-refractivity contribution in [1.82, 2.24) is 0 Å². The summed E-state index contributed by atoms with van der Waals surface area (Å²) in [6, 6.07) is 6.59. The Kier molecular flexibility index (Phi) is 6.41. The van der Waals surface area contributed by atoms with Gasteiger partial charge in [-0.05, 0) is 36.8 Å². The summed E-state index contributed by atoms with van der Waals surface area (Å²) >= 11 is 12.3. The smallest absolute Gasteiger partial charge is 0.341 e. The second-order valence-electron chi connectivity index (χ2n) is 4.89. The van der Waals surface area contributed by atoms with E-state index in [-0.39, 0.29) is 21.3 Å². The third-order valence-corrected chi connectivity index (χ3v) is 4.92. The van der Waals surface area contributed by atoms with Crippen LogP contribution in [0, 0.1) is 6.92 Å². The molecular weight excluding hydrogens is 387 g/mol. The molecule has 6 nitrogen and oxygen atoms in total. The summed E-state index contributed by atoms with van der Waals surface area (Å²) in [5, 5.41) is 5.99. The third-order valence-electron chi connectivity index (χ3n) is 3.22. The predicted molar refractivity (Wildman–Crippen MR) is 99.2 cm³/mol. The van der Waals surface area contributed by atoms with Crippen LogP contribution < -0.4 is 10.6 Å². The highest BCUT2D eigenvalue weighted by Gasteiger charge is 2.26. The molecule has 0 spiro atoms. The lowest BCUT2D eigenvalue weighted by Gasteiger charge is -2.05. The lowest BCUT2D eigenvalue weighted by atomic mass is 10.1. The Labute approximate surface area is 158 Å². The van der Waals surface area contributed by atoms with E-state index < -0.39 is 17.8 Å². The molecule has 0 atom stereocenters. The molecule has 0 fully saturated rings. The van der Waals surface area contributed by atoms with Crippen LogP contribution in [0.5, 0.6) is 0 Å². The van der Waals surface area contributed by atoms with E-state index in [9.17, 15) is 14.4 Å². The number of ether oxygens (including phenoxy) is 1. The summed E-state index contributed by atoms with van der Waals surface area (Å²) in [7, 11) is 1.22. The number of carbonyl (C=O) groups excluding carboxylic acids is 3. The molecule has 0 radical (unpaired) electrons. The van der Waals surface area contributed by atoms with Crippen LogP contribution in [0.3, 0.4) is 0 Å². The molecular formula is C16H14Cl2N2O4S. The van der Waals surface area contributed by atoms with Crippen LogP contribution in [-0.4, -0.2) is 30.8 Å². The van der Waals surface area contributed by atoms with Crippen molar-refractivity contribution >= 4 is 63.0 Å². The maximum Gasteiger partial charge on any atom is 0.341 e. The van der Waals surface area contributed by atoms with Gasteiger partial charge in [0.2, 0.25) is 5.91 Å². The molecule has 0 aliphatic carbocycles. The maximum absolute atomic E-state index is 12.5. The second-order valence-corrected chi connectivity index (χ2v) is 6.62. The van der Waals surface area contributed by atoms with E-state index in [1.54, 1.807) is 31.2 Å². The number of hydrogen-bond donors (Lipinski definition) is 2. The van der Waals surface area contributed by atoms with Gasteiger partial charge in [-0.3, -0.25) is 9.59 Å². The zero-order chi connectivity index (χ0) is 18.6. The minimum absolute atomic E-state index is 0.132. The molecule has 2 amide bonds. The molecule has 0 unspecified atom stereocenters. The number of amides is 2. The Hall–Kier alpha value is -2.09. The van der Waals surface area contributed by atoms with E-state index >= 15 is 0 Å². The average molecular weight is 401 g/mol. The van der Waals surface area contributed by atoms with Crippen LogP contribution in [0.25, 0.3) is 0 Å². The van der Waals surface area contributed by atoms with Crippen molar-refractivity contribution in [1.29, 1.82) is 0 Å². The number of carbonyl (C=O) groups is 3. The molecule has 2 N–H and O–H groups in total. The molecule has 1 aromatic heterocycles. The van der Waals surface area contributed by atoms with Crippen LogP contribution in [0.1, 0.15) is 25.6 Å². The minimum Gasteiger partial charge on any atom is -0.465 e. The van der Waals surface area contributed by atoms with Crippen molar-refractivity contribution in [3.05, 3.63) is 45.3 Å². The largest absolute Gasteiger partial charge is 0.465 e. The molecule has 2 aromatic rings. The molecule has 0 saturated carbocycles. The first-order chi connectivity index (χ1) is 11.9. The summed E-state index contributed by atoms with van der Waals surface area (Å²) in [5.74, 6) is -1.83. The van der Waals surface area contributed by atoms with Gasteiger partial charge in [-0.25, -0.2) is 4.79 Å². The van der Waals surface area contributed by atoms with Crippen molar-refractivity contribution in [3.8, 4) is 0 Å². The van der Waals surface area contributed by atoms with Gasteiger partial charge in [0.1, 0.15) is 10.9 Å². The van der Waals surface area contributed by atoms with Crippen LogP contribution in [-0.2, 0) is 9.53 Å². The highest BCUT2D eigenvalue weighted by atomic mass is 35.5. The first kappa shape index (κ1) is 19.2. The molecule has 9 heteroatoms. The van der Waals surface area contributed by atoms with Crippen molar-refractivity contribution in [2.75, 3.05) is 23.6 Å². The fourth-order valence-corrected chi connectivity index (χ4v) is 3.35. The molecule has 0 bridgehead atoms. The molecule has 0 saturated heterocycles. The Bertz CT molecular complexity index is 818. The summed E-state index contributed by atoms with van der Waals surface area (Å²) in [5.41, 5.74) is 1.09. The topological polar surface area (TPSA) is 84.5 Å². The van der Waals surface area contributed by atoms with Crippen molar-refractivity contribution < 1.29 is 19.1 Å².